The van der Waals surface area contributed by atoms with Crippen LogP contribution in [0.2, 0.25) is 0 Å². The van der Waals surface area contributed by atoms with Gasteiger partial charge in [0.2, 0.25) is 0 Å². The summed E-state index contributed by atoms with van der Waals surface area (Å²) in [6.45, 7) is 1.56. The highest BCUT2D eigenvalue weighted by Crippen LogP contribution is 2.00. The minimum atomic E-state index is -1.54. The first-order valence-electron chi connectivity index (χ1n) is 4.60. The fourth-order valence-electron chi connectivity index (χ4n) is 0.701. The summed E-state index contributed by atoms with van der Waals surface area (Å²) in [4.78, 5) is 0. The van der Waals surface area contributed by atoms with E-state index in [1.165, 1.54) is 0 Å². The normalized spacial score (nSPS) is 19.4. The lowest BCUT2D eigenvalue weighted by molar-refractivity contribution is 0.922. The molecule has 0 aliphatic carbocycles. The lowest BCUT2D eigenvalue weighted by Gasteiger charge is -1.93. The maximum Gasteiger partial charge on any atom is 0.0316 e. The van der Waals surface area contributed by atoms with Gasteiger partial charge in [0.25, 0.3) is 0 Å². The molecule has 0 aliphatic heterocycles. The molecule has 0 spiro atoms. The van der Waals surface area contributed by atoms with E-state index >= 15 is 0 Å². The first-order valence-corrected chi connectivity index (χ1v) is 3.03. The molecule has 0 N–H and O–H groups in total. The van der Waals surface area contributed by atoms with Crippen molar-refractivity contribution < 1.29 is 4.11 Å². The molecule has 0 saturated heterocycles. The van der Waals surface area contributed by atoms with E-state index in [2.05, 4.69) is 0 Å². The smallest absolute Gasteiger partial charge is 0.0316 e. The van der Waals surface area contributed by atoms with Crippen LogP contribution in [0.5, 0.6) is 0 Å². The summed E-state index contributed by atoms with van der Waals surface area (Å²) in [5, 5.41) is 0. The van der Waals surface area contributed by atoms with Gasteiger partial charge < -0.3 is 0 Å². The van der Waals surface area contributed by atoms with E-state index in [0.29, 0.717) is 5.56 Å². The molecule has 1 rings (SSSR count). The quantitative estimate of drug-likeness (QED) is 0.567. The van der Waals surface area contributed by atoms with Gasteiger partial charge in [0, 0.05) is 4.11 Å². The largest absolute Gasteiger partial charge is 0.0651 e. The van der Waals surface area contributed by atoms with Crippen LogP contribution in [0.3, 0.4) is 0 Å². The molecule has 9 heavy (non-hydrogen) atoms. The van der Waals surface area contributed by atoms with Crippen LogP contribution in [0.4, 0.5) is 0 Å². The van der Waals surface area contributed by atoms with Gasteiger partial charge in [-0.2, -0.15) is 0 Å². The van der Waals surface area contributed by atoms with E-state index in [4.69, 9.17) is 4.11 Å². The fourth-order valence-corrected chi connectivity index (χ4v) is 0.701. The number of aryl methyl sites for hydroxylation is 1. The molecule has 1 aromatic rings. The van der Waals surface area contributed by atoms with Crippen LogP contribution in [0.15, 0.2) is 30.3 Å². The Labute approximate surface area is 60.7 Å². The number of benzene rings is 1. The summed E-state index contributed by atoms with van der Waals surface area (Å²) < 4.78 is 22.5. The Kier molecular flexibility index (Phi) is 1.24. The van der Waals surface area contributed by atoms with Crippen LogP contribution in [-0.2, 0) is 6.37 Å². The van der Waals surface area contributed by atoms with Crippen molar-refractivity contribution in [2.24, 2.45) is 0 Å². The van der Waals surface area contributed by atoms with Crippen LogP contribution >= 0.6 is 0 Å². The molecule has 0 radical (unpaired) electrons. The van der Waals surface area contributed by atoms with Gasteiger partial charge in [0.1, 0.15) is 0 Å². The Bertz CT molecular complexity index is 241. The minimum absolute atomic E-state index is 0.576. The third-order valence-electron chi connectivity index (χ3n) is 1.08. The van der Waals surface area contributed by atoms with E-state index in [9.17, 15) is 0 Å². The second-order valence-electron chi connectivity index (χ2n) is 1.80. The number of hydrogen-bond acceptors (Lipinski definition) is 0. The zero-order valence-electron chi connectivity index (χ0n) is 8.46. The van der Waals surface area contributed by atoms with Crippen molar-refractivity contribution in [2.75, 3.05) is 0 Å². The topological polar surface area (TPSA) is 0 Å². The van der Waals surface area contributed by atoms with Gasteiger partial charge in [0.05, 0.1) is 0 Å². The summed E-state index contributed by atoms with van der Waals surface area (Å²) >= 11 is 0. The summed E-state index contributed by atoms with van der Waals surface area (Å²) in [5.74, 6) is 0. The number of rotatable bonds is 2. The Morgan fingerprint density at radius 3 is 2.56 bits per heavy atom. The SMILES string of the molecule is [2H]C(C)C([2H])([2H])c1ccccc1. The first-order chi connectivity index (χ1) is 5.55. The van der Waals surface area contributed by atoms with Crippen LogP contribution in [0.25, 0.3) is 0 Å². The van der Waals surface area contributed by atoms with Crippen molar-refractivity contribution in [3.8, 4) is 0 Å². The van der Waals surface area contributed by atoms with Crippen LogP contribution in [0.1, 0.15) is 23.0 Å². The molecule has 1 atom stereocenters. The Hall–Kier alpha value is -0.780. The van der Waals surface area contributed by atoms with Gasteiger partial charge in [-0.3, -0.25) is 0 Å². The molecule has 0 aliphatic rings. The molecule has 0 saturated carbocycles. The van der Waals surface area contributed by atoms with Gasteiger partial charge in [-0.15, -0.1) is 0 Å². The maximum atomic E-state index is 7.60. The standard InChI is InChI=1S/C9H12/c1-2-6-9-7-4-3-5-8-9/h3-5,7-8H,2,6H2,1H3/i2D,6D2. The monoisotopic (exact) mass is 123 g/mol. The van der Waals surface area contributed by atoms with Crippen LogP contribution in [0, 0.1) is 0 Å². The molecule has 1 aromatic carbocycles. The van der Waals surface area contributed by atoms with Gasteiger partial charge in [-0.05, 0) is 11.9 Å². The number of hydrogen-bond donors (Lipinski definition) is 0. The zero-order chi connectivity index (χ0) is 9.19. The van der Waals surface area contributed by atoms with Crippen molar-refractivity contribution in [1.29, 1.82) is 0 Å². The molecule has 0 heterocycles. The van der Waals surface area contributed by atoms with Gasteiger partial charge in [-0.1, -0.05) is 43.7 Å². The predicted octanol–water partition coefficient (Wildman–Crippen LogP) is 2.64. The summed E-state index contributed by atoms with van der Waals surface area (Å²) in [7, 11) is 0. The summed E-state index contributed by atoms with van der Waals surface area (Å²) in [6.07, 6.45) is -2.28. The molecule has 0 bridgehead atoms. The second-order valence-corrected chi connectivity index (χ2v) is 1.80. The van der Waals surface area contributed by atoms with E-state index in [1.807, 2.05) is 6.07 Å². The van der Waals surface area contributed by atoms with E-state index in [1.54, 1.807) is 31.2 Å². The highest BCUT2D eigenvalue weighted by atomic mass is 13.9. The Morgan fingerprint density at radius 2 is 2.00 bits per heavy atom. The third-order valence-corrected chi connectivity index (χ3v) is 1.08. The van der Waals surface area contributed by atoms with E-state index in [0.717, 1.165) is 0 Å². The molecular formula is C9H12. The maximum absolute atomic E-state index is 7.60. The average Bonchev–Trinajstić information content (AvgIpc) is 2.06. The van der Waals surface area contributed by atoms with Gasteiger partial charge >= 0.3 is 0 Å². The van der Waals surface area contributed by atoms with Gasteiger partial charge in [-0.25, -0.2) is 0 Å². The molecule has 0 fully saturated rings. The van der Waals surface area contributed by atoms with Crippen molar-refractivity contribution >= 4 is 0 Å². The molecule has 1 unspecified atom stereocenters. The molecule has 0 nitrogen and oxygen atoms in total. The predicted molar refractivity (Wildman–Crippen MR) is 40.4 cm³/mol. The molecule has 0 heteroatoms. The highest BCUT2D eigenvalue weighted by Gasteiger charge is 1.84. The second kappa shape index (κ2) is 3.29. The lowest BCUT2D eigenvalue weighted by atomic mass is 10.1. The first kappa shape index (κ1) is 3.40. The average molecular weight is 123 g/mol. The van der Waals surface area contributed by atoms with E-state index in [-0.39, 0.29) is 0 Å². The summed E-state index contributed by atoms with van der Waals surface area (Å²) in [5.41, 5.74) is 0.576. The highest BCUT2D eigenvalue weighted by molar-refractivity contribution is 5.14. The van der Waals surface area contributed by atoms with Crippen LogP contribution in [-0.4, -0.2) is 0 Å². The fraction of sp³-hybridized carbons (Fsp3) is 0.333. The minimum Gasteiger partial charge on any atom is -0.0651 e. The Morgan fingerprint density at radius 1 is 1.33 bits per heavy atom. The van der Waals surface area contributed by atoms with E-state index < -0.39 is 12.8 Å². The molecule has 0 amide bonds. The van der Waals surface area contributed by atoms with Crippen molar-refractivity contribution in [1.82, 2.24) is 0 Å². The third kappa shape index (κ3) is 1.88. The van der Waals surface area contributed by atoms with Crippen molar-refractivity contribution in [3.05, 3.63) is 35.9 Å². The van der Waals surface area contributed by atoms with Crippen molar-refractivity contribution in [2.45, 2.75) is 19.7 Å². The van der Waals surface area contributed by atoms with Gasteiger partial charge in [0.15, 0.2) is 0 Å². The van der Waals surface area contributed by atoms with Crippen molar-refractivity contribution in [3.63, 3.8) is 0 Å². The molecular weight excluding hydrogens is 108 g/mol. The lowest BCUT2D eigenvalue weighted by Crippen LogP contribution is -1.78. The Balaban J connectivity index is 2.98. The molecule has 48 valence electrons. The van der Waals surface area contributed by atoms with Crippen LogP contribution < -0.4 is 0 Å². The summed E-state index contributed by atoms with van der Waals surface area (Å²) in [6, 6.07) is 8.84. The molecule has 0 aromatic heterocycles. The zero-order valence-corrected chi connectivity index (χ0v) is 5.46.